The Morgan fingerprint density at radius 1 is 1.36 bits per heavy atom. The van der Waals surface area contributed by atoms with Crippen LogP contribution in [0.25, 0.3) is 0 Å². The summed E-state index contributed by atoms with van der Waals surface area (Å²) in [5.41, 5.74) is 0.584. The van der Waals surface area contributed by atoms with Crippen LogP contribution in [0.2, 0.25) is 0 Å². The highest BCUT2D eigenvalue weighted by Crippen LogP contribution is 2.13. The van der Waals surface area contributed by atoms with Gasteiger partial charge < -0.3 is 0 Å². The van der Waals surface area contributed by atoms with Crippen molar-refractivity contribution in [3.05, 3.63) is 36.8 Å². The van der Waals surface area contributed by atoms with Gasteiger partial charge in [-0.2, -0.15) is 0 Å². The number of carbonyl (C=O) groups excluding carboxylic acids is 1. The van der Waals surface area contributed by atoms with Crippen LogP contribution in [0.1, 0.15) is 5.56 Å². The summed E-state index contributed by atoms with van der Waals surface area (Å²) in [6.07, 6.45) is 0. The van der Waals surface area contributed by atoms with Crippen molar-refractivity contribution in [3.63, 3.8) is 0 Å². The van der Waals surface area contributed by atoms with Gasteiger partial charge in [-0.3, -0.25) is 4.79 Å². The average molecular weight is 212 g/mol. The van der Waals surface area contributed by atoms with Gasteiger partial charge in [0.15, 0.2) is 0 Å². The maximum absolute atomic E-state index is 11.5. The minimum Gasteiger partial charge on any atom is -0.274 e. The Labute approximate surface area is 83.0 Å². The summed E-state index contributed by atoms with van der Waals surface area (Å²) in [5, 5.41) is 0. The monoisotopic (exact) mass is 212 g/mol. The Morgan fingerprint density at radius 2 is 1.93 bits per heavy atom. The molecule has 1 rings (SSSR count). The lowest BCUT2D eigenvalue weighted by molar-refractivity contribution is -0.115. The van der Waals surface area contributed by atoms with Crippen LogP contribution in [0.3, 0.4) is 0 Å². The highest BCUT2D eigenvalue weighted by atomic mass is 32.2. The van der Waals surface area contributed by atoms with E-state index in [1.54, 1.807) is 29.8 Å². The second-order valence-corrected chi connectivity index (χ2v) is 4.44. The SMILES string of the molecule is [CH2]C(=O)NS(=O)(=O)c1ccccc1C. The van der Waals surface area contributed by atoms with E-state index in [1.807, 2.05) is 0 Å². The molecule has 4 nitrogen and oxygen atoms in total. The minimum atomic E-state index is -3.75. The molecular formula is C9H10NO3S. The molecule has 0 spiro atoms. The Balaban J connectivity index is 3.17. The minimum absolute atomic E-state index is 0.0944. The van der Waals surface area contributed by atoms with E-state index in [0.717, 1.165) is 0 Å². The summed E-state index contributed by atoms with van der Waals surface area (Å²) < 4.78 is 24.8. The Morgan fingerprint density at radius 3 is 2.43 bits per heavy atom. The largest absolute Gasteiger partial charge is 0.274 e. The molecule has 0 fully saturated rings. The maximum atomic E-state index is 11.5. The van der Waals surface area contributed by atoms with E-state index in [1.165, 1.54) is 6.07 Å². The van der Waals surface area contributed by atoms with Crippen LogP contribution >= 0.6 is 0 Å². The highest BCUT2D eigenvalue weighted by molar-refractivity contribution is 7.90. The lowest BCUT2D eigenvalue weighted by atomic mass is 10.2. The molecule has 5 heteroatoms. The van der Waals surface area contributed by atoms with Crippen molar-refractivity contribution in [1.82, 2.24) is 4.72 Å². The highest BCUT2D eigenvalue weighted by Gasteiger charge is 2.16. The van der Waals surface area contributed by atoms with E-state index >= 15 is 0 Å². The molecule has 75 valence electrons. The van der Waals surface area contributed by atoms with Crippen molar-refractivity contribution in [1.29, 1.82) is 0 Å². The van der Waals surface area contributed by atoms with Crippen LogP contribution in [-0.4, -0.2) is 14.3 Å². The fourth-order valence-electron chi connectivity index (χ4n) is 1.06. The lowest BCUT2D eigenvalue weighted by Gasteiger charge is -2.06. The first-order chi connectivity index (χ1) is 6.43. The van der Waals surface area contributed by atoms with Gasteiger partial charge in [-0.1, -0.05) is 18.2 Å². The van der Waals surface area contributed by atoms with E-state index in [-0.39, 0.29) is 4.90 Å². The first-order valence-corrected chi connectivity index (χ1v) is 5.36. The molecule has 0 atom stereocenters. The quantitative estimate of drug-likeness (QED) is 0.782. The van der Waals surface area contributed by atoms with E-state index in [9.17, 15) is 13.2 Å². The van der Waals surface area contributed by atoms with Crippen molar-refractivity contribution >= 4 is 15.9 Å². The zero-order chi connectivity index (χ0) is 10.8. The van der Waals surface area contributed by atoms with Gasteiger partial charge in [0.25, 0.3) is 10.0 Å². The zero-order valence-electron chi connectivity index (χ0n) is 7.65. The van der Waals surface area contributed by atoms with Crippen LogP contribution < -0.4 is 4.72 Å². The van der Waals surface area contributed by atoms with Crippen LogP contribution in [0.4, 0.5) is 0 Å². The van der Waals surface area contributed by atoms with E-state index < -0.39 is 15.9 Å². The Kier molecular flexibility index (Phi) is 2.90. The molecule has 1 aromatic carbocycles. The second kappa shape index (κ2) is 3.79. The topological polar surface area (TPSA) is 63.2 Å². The third-order valence-corrected chi connectivity index (χ3v) is 3.16. The van der Waals surface area contributed by atoms with E-state index in [2.05, 4.69) is 6.92 Å². The smallest absolute Gasteiger partial charge is 0.264 e. The molecule has 0 aliphatic heterocycles. The molecule has 1 aromatic rings. The fraction of sp³-hybridized carbons (Fsp3) is 0.111. The molecule has 0 aliphatic rings. The first-order valence-electron chi connectivity index (χ1n) is 3.88. The lowest BCUT2D eigenvalue weighted by Crippen LogP contribution is -2.28. The van der Waals surface area contributed by atoms with Crippen molar-refractivity contribution in [3.8, 4) is 0 Å². The molecular weight excluding hydrogens is 202 g/mol. The van der Waals surface area contributed by atoms with Crippen molar-refractivity contribution in [2.75, 3.05) is 0 Å². The summed E-state index contributed by atoms with van der Waals surface area (Å²) in [5.74, 6) is -0.840. The summed E-state index contributed by atoms with van der Waals surface area (Å²) in [6.45, 7) is 4.60. The molecule has 1 N–H and O–H groups in total. The number of aryl methyl sites for hydroxylation is 1. The number of benzene rings is 1. The van der Waals surface area contributed by atoms with Gasteiger partial charge in [0.2, 0.25) is 5.91 Å². The van der Waals surface area contributed by atoms with Gasteiger partial charge in [0, 0.05) is 6.92 Å². The molecule has 0 aliphatic carbocycles. The van der Waals surface area contributed by atoms with Gasteiger partial charge in [0.05, 0.1) is 4.90 Å². The first kappa shape index (κ1) is 10.7. The zero-order valence-corrected chi connectivity index (χ0v) is 8.47. The van der Waals surface area contributed by atoms with E-state index in [4.69, 9.17) is 0 Å². The van der Waals surface area contributed by atoms with Gasteiger partial charge in [-0.15, -0.1) is 0 Å². The van der Waals surface area contributed by atoms with Crippen molar-refractivity contribution in [2.45, 2.75) is 11.8 Å². The fourth-order valence-corrected chi connectivity index (χ4v) is 2.22. The van der Waals surface area contributed by atoms with Gasteiger partial charge in [0.1, 0.15) is 0 Å². The third-order valence-electron chi connectivity index (χ3n) is 1.63. The molecule has 0 aromatic heterocycles. The van der Waals surface area contributed by atoms with Crippen molar-refractivity contribution < 1.29 is 13.2 Å². The molecule has 0 bridgehead atoms. The molecule has 14 heavy (non-hydrogen) atoms. The number of hydrogen-bond donors (Lipinski definition) is 1. The molecule has 1 radical (unpaired) electrons. The standard InChI is InChI=1S/C9H10NO3S/c1-7-5-3-4-6-9(7)14(12,13)10-8(2)11/h3-6H,2H2,1H3,(H,10,11). The van der Waals surface area contributed by atoms with Crippen LogP contribution in [0, 0.1) is 13.8 Å². The van der Waals surface area contributed by atoms with Gasteiger partial charge in [-0.25, -0.2) is 13.1 Å². The predicted octanol–water partition coefficient (Wildman–Crippen LogP) is 0.634. The normalized spacial score (nSPS) is 11.0. The summed E-state index contributed by atoms with van der Waals surface area (Å²) in [6, 6.07) is 6.40. The number of sulfonamides is 1. The number of hydrogen-bond acceptors (Lipinski definition) is 3. The third kappa shape index (κ3) is 2.32. The molecule has 0 unspecified atom stereocenters. The van der Waals surface area contributed by atoms with Crippen molar-refractivity contribution in [2.24, 2.45) is 0 Å². The van der Waals surface area contributed by atoms with Crippen LogP contribution in [0.15, 0.2) is 29.2 Å². The number of carbonyl (C=O) groups is 1. The number of rotatable bonds is 2. The predicted molar refractivity (Wildman–Crippen MR) is 51.9 cm³/mol. The Bertz CT molecular complexity index is 451. The van der Waals surface area contributed by atoms with Crippen LogP contribution in [-0.2, 0) is 14.8 Å². The molecule has 0 saturated heterocycles. The second-order valence-electron chi connectivity index (χ2n) is 2.79. The molecule has 0 heterocycles. The summed E-state index contributed by atoms with van der Waals surface area (Å²) >= 11 is 0. The molecule has 0 saturated carbocycles. The average Bonchev–Trinajstić information content (AvgIpc) is 2.02. The van der Waals surface area contributed by atoms with E-state index in [0.29, 0.717) is 5.56 Å². The maximum Gasteiger partial charge on any atom is 0.264 e. The number of nitrogens with one attached hydrogen (secondary N) is 1. The number of amides is 1. The summed E-state index contributed by atoms with van der Waals surface area (Å²) in [4.78, 5) is 10.6. The van der Waals surface area contributed by atoms with Gasteiger partial charge >= 0.3 is 0 Å². The Hall–Kier alpha value is -1.36. The van der Waals surface area contributed by atoms with Crippen LogP contribution in [0.5, 0.6) is 0 Å². The summed E-state index contributed by atoms with van der Waals surface area (Å²) in [7, 11) is -3.75. The molecule has 1 amide bonds. The van der Waals surface area contributed by atoms with Gasteiger partial charge in [-0.05, 0) is 18.6 Å².